The van der Waals surface area contributed by atoms with Crippen LogP contribution < -0.4 is 0 Å². The first-order chi connectivity index (χ1) is 21.3. The van der Waals surface area contributed by atoms with Crippen molar-refractivity contribution in [2.45, 2.75) is 96.4 Å². The topological polar surface area (TPSA) is 147 Å². The highest BCUT2D eigenvalue weighted by Gasteiger charge is 2.83. The van der Waals surface area contributed by atoms with Crippen molar-refractivity contribution in [3.8, 4) is 0 Å². The standard InChI is InChI=1S/C33H43NO11/c1-19-11-13-32-17-41-30(39)28(45-29(38)21(3)34(6)22(4)35)20(2)12-14-40-26(36)9-7-8-10-27(37)44-23-16-25(43-24(32)15-19)33(18-42-33)31(23,32)5/h7-10,15,20-21,23-25,28H,11-14,16-18H2,1-6H3/b9-7+,10-8-/t20-,21+,23-,24-,25-,28+,31-,32-,33+/m1/s1. The summed E-state index contributed by atoms with van der Waals surface area (Å²) in [5.41, 5.74) is -1.16. The van der Waals surface area contributed by atoms with Gasteiger partial charge in [0, 0.05) is 43.9 Å². The fourth-order valence-corrected chi connectivity index (χ4v) is 7.46. The van der Waals surface area contributed by atoms with Gasteiger partial charge in [-0.05, 0) is 33.1 Å². The largest absolute Gasteiger partial charge is 0.463 e. The summed E-state index contributed by atoms with van der Waals surface area (Å²) < 4.78 is 35.9. The Morgan fingerprint density at radius 2 is 1.76 bits per heavy atom. The second kappa shape index (κ2) is 12.4. The lowest BCUT2D eigenvalue weighted by Crippen LogP contribution is -2.67. The number of amides is 1. The van der Waals surface area contributed by atoms with Crippen LogP contribution in [0, 0.1) is 16.7 Å². The Hall–Kier alpha value is -3.51. The van der Waals surface area contributed by atoms with Gasteiger partial charge in [0.25, 0.3) is 0 Å². The van der Waals surface area contributed by atoms with Crippen LogP contribution in [-0.4, -0.2) is 97.6 Å². The maximum Gasteiger partial charge on any atom is 0.347 e. The van der Waals surface area contributed by atoms with E-state index in [-0.39, 0.29) is 31.6 Å². The first kappa shape index (κ1) is 32.9. The SMILES string of the molecule is CC(=O)N(C)[C@@H](C)C(=O)O[C@@H]1C(=O)OC[C@]23CCC(C)=C[C@H]2O[C@@H]2C[C@@H](OC(=O)/C=C\C=C\C(=O)OCC[C@H]1C)[C@@]3(C)[C@]21CO1. The minimum Gasteiger partial charge on any atom is -0.463 e. The zero-order chi connectivity index (χ0) is 32.7. The van der Waals surface area contributed by atoms with Crippen LogP contribution in [0.3, 0.4) is 0 Å². The number of cyclic esters (lactones) is 2. The average molecular weight is 630 g/mol. The zero-order valence-electron chi connectivity index (χ0n) is 26.7. The summed E-state index contributed by atoms with van der Waals surface area (Å²) in [7, 11) is 1.47. The third-order valence-corrected chi connectivity index (χ3v) is 10.8. The van der Waals surface area contributed by atoms with Crippen molar-refractivity contribution in [1.29, 1.82) is 0 Å². The summed E-state index contributed by atoms with van der Waals surface area (Å²) in [6.07, 6.45) is 6.48. The van der Waals surface area contributed by atoms with Crippen LogP contribution in [0.2, 0.25) is 0 Å². The predicted octanol–water partition coefficient (Wildman–Crippen LogP) is 2.59. The van der Waals surface area contributed by atoms with E-state index in [2.05, 4.69) is 6.08 Å². The Labute approximate surface area is 263 Å². The highest BCUT2D eigenvalue weighted by Crippen LogP contribution is 2.72. The number of esters is 4. The van der Waals surface area contributed by atoms with Gasteiger partial charge >= 0.3 is 23.9 Å². The first-order valence-corrected chi connectivity index (χ1v) is 15.5. The molecule has 12 nitrogen and oxygen atoms in total. The van der Waals surface area contributed by atoms with Gasteiger partial charge in [-0.3, -0.25) is 4.79 Å². The highest BCUT2D eigenvalue weighted by atomic mass is 16.6. The van der Waals surface area contributed by atoms with E-state index in [9.17, 15) is 24.0 Å². The van der Waals surface area contributed by atoms with Crippen molar-refractivity contribution in [3.05, 3.63) is 36.0 Å². The average Bonchev–Trinajstić information content (AvgIpc) is 3.78. The third-order valence-electron chi connectivity index (χ3n) is 10.8. The number of nitrogens with zero attached hydrogens (tertiary/aromatic N) is 1. The number of carbonyl (C=O) groups excluding carboxylic acids is 5. The fourth-order valence-electron chi connectivity index (χ4n) is 7.46. The van der Waals surface area contributed by atoms with E-state index in [4.69, 9.17) is 28.4 Å². The van der Waals surface area contributed by atoms with E-state index in [1.165, 1.54) is 50.1 Å². The Bertz CT molecular complexity index is 1330. The van der Waals surface area contributed by atoms with Crippen LogP contribution in [0.25, 0.3) is 0 Å². The highest BCUT2D eigenvalue weighted by molar-refractivity contribution is 5.86. The second-order valence-corrected chi connectivity index (χ2v) is 13.2. The molecule has 2 aliphatic carbocycles. The van der Waals surface area contributed by atoms with Gasteiger partial charge in [-0.1, -0.05) is 37.6 Å². The Morgan fingerprint density at radius 1 is 1.07 bits per heavy atom. The summed E-state index contributed by atoms with van der Waals surface area (Å²) in [4.78, 5) is 65.3. The fraction of sp³-hybridized carbons (Fsp3) is 0.667. The molecule has 2 spiro atoms. The molecule has 1 amide bonds. The molecule has 0 aromatic rings. The molecule has 0 aromatic heterocycles. The molecule has 0 unspecified atom stereocenters. The molecule has 12 heteroatoms. The lowest BCUT2D eigenvalue weighted by Gasteiger charge is -2.58. The van der Waals surface area contributed by atoms with Gasteiger partial charge in [0.05, 0.1) is 30.8 Å². The number of likely N-dealkylation sites (N-methyl/N-ethyl adjacent to an activating group) is 1. The monoisotopic (exact) mass is 629 g/mol. The van der Waals surface area contributed by atoms with Crippen LogP contribution >= 0.6 is 0 Å². The number of epoxide rings is 1. The van der Waals surface area contributed by atoms with Crippen molar-refractivity contribution in [1.82, 2.24) is 4.90 Å². The zero-order valence-corrected chi connectivity index (χ0v) is 26.7. The maximum atomic E-state index is 13.9. The van der Waals surface area contributed by atoms with Gasteiger partial charge in [0.2, 0.25) is 12.0 Å². The molecule has 3 fully saturated rings. The Kier molecular flexibility index (Phi) is 9.02. The van der Waals surface area contributed by atoms with Crippen molar-refractivity contribution in [2.75, 3.05) is 26.9 Å². The summed E-state index contributed by atoms with van der Waals surface area (Å²) in [5, 5.41) is 0. The molecule has 246 valence electrons. The van der Waals surface area contributed by atoms with Gasteiger partial charge < -0.3 is 33.3 Å². The van der Waals surface area contributed by atoms with Gasteiger partial charge in [0.1, 0.15) is 24.4 Å². The smallest absolute Gasteiger partial charge is 0.347 e. The molecule has 9 atom stereocenters. The number of rotatable bonds is 3. The molecule has 0 N–H and O–H groups in total. The molecule has 3 heterocycles. The molecule has 1 saturated carbocycles. The lowest BCUT2D eigenvalue weighted by molar-refractivity contribution is -0.235. The van der Waals surface area contributed by atoms with Crippen LogP contribution in [0.5, 0.6) is 0 Å². The minimum absolute atomic E-state index is 0.0642. The van der Waals surface area contributed by atoms with Crippen molar-refractivity contribution >= 4 is 29.8 Å². The van der Waals surface area contributed by atoms with E-state index < -0.39 is 70.6 Å². The van der Waals surface area contributed by atoms with Crippen LogP contribution in [0.1, 0.15) is 60.3 Å². The molecule has 3 aliphatic heterocycles. The lowest BCUT2D eigenvalue weighted by atomic mass is 9.51. The molecule has 45 heavy (non-hydrogen) atoms. The number of carbonyl (C=O) groups is 5. The predicted molar refractivity (Wildman–Crippen MR) is 157 cm³/mol. The van der Waals surface area contributed by atoms with E-state index >= 15 is 0 Å². The molecule has 2 saturated heterocycles. The number of hydrogen-bond donors (Lipinski definition) is 0. The van der Waals surface area contributed by atoms with Crippen molar-refractivity contribution in [2.24, 2.45) is 16.7 Å². The summed E-state index contributed by atoms with van der Waals surface area (Å²) >= 11 is 0. The molecule has 0 aromatic carbocycles. The molecular formula is C33H43NO11. The van der Waals surface area contributed by atoms with Gasteiger partial charge in [-0.2, -0.15) is 0 Å². The third kappa shape index (κ3) is 5.71. The number of ether oxygens (including phenoxy) is 6. The Balaban J connectivity index is 1.51. The van der Waals surface area contributed by atoms with Crippen LogP contribution in [-0.2, 0) is 52.4 Å². The number of hydrogen-bond acceptors (Lipinski definition) is 11. The van der Waals surface area contributed by atoms with E-state index in [0.717, 1.165) is 5.57 Å². The molecule has 2 bridgehead atoms. The minimum atomic E-state index is -1.35. The van der Waals surface area contributed by atoms with E-state index in [1.54, 1.807) is 6.92 Å². The van der Waals surface area contributed by atoms with Crippen molar-refractivity contribution in [3.63, 3.8) is 0 Å². The number of allylic oxidation sites excluding steroid dienone is 3. The molecule has 5 aliphatic rings. The first-order valence-electron chi connectivity index (χ1n) is 15.5. The summed E-state index contributed by atoms with van der Waals surface area (Å²) in [5.74, 6) is -3.72. The Morgan fingerprint density at radius 3 is 2.42 bits per heavy atom. The van der Waals surface area contributed by atoms with Gasteiger partial charge in [-0.15, -0.1) is 0 Å². The quantitative estimate of drug-likeness (QED) is 0.196. The molecule has 5 rings (SSSR count). The van der Waals surface area contributed by atoms with Crippen LogP contribution in [0.4, 0.5) is 0 Å². The summed E-state index contributed by atoms with van der Waals surface area (Å²) in [6.45, 7) is 8.87. The molecular weight excluding hydrogens is 586 g/mol. The maximum absolute atomic E-state index is 13.9. The van der Waals surface area contributed by atoms with Crippen LogP contribution in [0.15, 0.2) is 36.0 Å². The van der Waals surface area contributed by atoms with Gasteiger partial charge in [-0.25, -0.2) is 19.2 Å². The second-order valence-electron chi connectivity index (χ2n) is 13.2. The van der Waals surface area contributed by atoms with Crippen molar-refractivity contribution < 1.29 is 52.4 Å². The molecule has 0 radical (unpaired) electrons. The van der Waals surface area contributed by atoms with E-state index in [1.807, 2.05) is 13.8 Å². The van der Waals surface area contributed by atoms with E-state index in [0.29, 0.717) is 25.9 Å². The summed E-state index contributed by atoms with van der Waals surface area (Å²) in [6, 6.07) is -0.954. The normalized spacial score (nSPS) is 40.3. The van der Waals surface area contributed by atoms with Gasteiger partial charge in [0.15, 0.2) is 0 Å².